The Labute approximate surface area is 192 Å². The van der Waals surface area contributed by atoms with E-state index in [-0.39, 0.29) is 17.8 Å². The van der Waals surface area contributed by atoms with Gasteiger partial charge in [-0.1, -0.05) is 42.5 Å². The molecule has 1 heterocycles. The Morgan fingerprint density at radius 1 is 1.03 bits per heavy atom. The number of benzene rings is 3. The van der Waals surface area contributed by atoms with Crippen molar-refractivity contribution < 1.29 is 19.4 Å². The van der Waals surface area contributed by atoms with Crippen LogP contribution in [0.3, 0.4) is 0 Å². The Kier molecular flexibility index (Phi) is 6.23. The lowest BCUT2D eigenvalue weighted by atomic mass is 9.93. The van der Waals surface area contributed by atoms with E-state index in [1.54, 1.807) is 55.6 Å². The molecule has 6 heteroatoms. The molecule has 4 rings (SSSR count). The first kappa shape index (κ1) is 21.8. The molecule has 0 fully saturated rings. The van der Waals surface area contributed by atoms with Gasteiger partial charge in [0.2, 0.25) is 0 Å². The SMILES string of the molecule is COc1ccc(C2C(C(=O)CCc3ccccc3)=C(O)C(=O)N2c2ccc(C#N)cc2)cc1. The van der Waals surface area contributed by atoms with Crippen molar-refractivity contribution in [3.63, 3.8) is 0 Å². The van der Waals surface area contributed by atoms with Crippen LogP contribution >= 0.6 is 0 Å². The van der Waals surface area contributed by atoms with Gasteiger partial charge < -0.3 is 9.84 Å². The second-order valence-electron chi connectivity index (χ2n) is 7.68. The average Bonchev–Trinajstić information content (AvgIpc) is 3.13. The van der Waals surface area contributed by atoms with Crippen LogP contribution in [0, 0.1) is 11.3 Å². The lowest BCUT2D eigenvalue weighted by Gasteiger charge is -2.27. The number of Topliss-reactive ketones (excluding diaryl/α,β-unsaturated/α-hetero) is 1. The van der Waals surface area contributed by atoms with Crippen LogP contribution in [0.1, 0.15) is 29.2 Å². The summed E-state index contributed by atoms with van der Waals surface area (Å²) in [4.78, 5) is 27.8. The van der Waals surface area contributed by atoms with Crippen molar-refractivity contribution in [2.75, 3.05) is 12.0 Å². The maximum absolute atomic E-state index is 13.3. The highest BCUT2D eigenvalue weighted by Crippen LogP contribution is 2.41. The normalized spacial score (nSPS) is 15.5. The first-order valence-electron chi connectivity index (χ1n) is 10.5. The van der Waals surface area contributed by atoms with Crippen LogP contribution in [0.5, 0.6) is 5.75 Å². The summed E-state index contributed by atoms with van der Waals surface area (Å²) in [6.45, 7) is 0. The summed E-state index contributed by atoms with van der Waals surface area (Å²) < 4.78 is 5.23. The Hall–Kier alpha value is -4.37. The van der Waals surface area contributed by atoms with E-state index in [0.717, 1.165) is 5.56 Å². The van der Waals surface area contributed by atoms with Crippen molar-refractivity contribution >= 4 is 17.4 Å². The molecule has 1 N–H and O–H groups in total. The molecule has 0 spiro atoms. The number of hydrogen-bond donors (Lipinski definition) is 1. The zero-order valence-electron chi connectivity index (χ0n) is 18.1. The first-order chi connectivity index (χ1) is 16.0. The van der Waals surface area contributed by atoms with E-state index in [9.17, 15) is 14.7 Å². The highest BCUT2D eigenvalue weighted by Gasteiger charge is 2.44. The molecule has 0 radical (unpaired) electrons. The van der Waals surface area contributed by atoms with Gasteiger partial charge >= 0.3 is 0 Å². The van der Waals surface area contributed by atoms with E-state index in [2.05, 4.69) is 0 Å². The van der Waals surface area contributed by atoms with Gasteiger partial charge in [-0.2, -0.15) is 5.26 Å². The second-order valence-corrected chi connectivity index (χ2v) is 7.68. The van der Waals surface area contributed by atoms with Crippen LogP contribution < -0.4 is 9.64 Å². The number of nitrogens with zero attached hydrogens (tertiary/aromatic N) is 2. The highest BCUT2D eigenvalue weighted by atomic mass is 16.5. The van der Waals surface area contributed by atoms with Gasteiger partial charge in [0.15, 0.2) is 11.5 Å². The van der Waals surface area contributed by atoms with Gasteiger partial charge in [-0.15, -0.1) is 0 Å². The van der Waals surface area contributed by atoms with Crippen LogP contribution in [0.25, 0.3) is 0 Å². The van der Waals surface area contributed by atoms with Gasteiger partial charge in [0.05, 0.1) is 30.4 Å². The molecule has 3 aromatic rings. The van der Waals surface area contributed by atoms with Crippen LogP contribution in [-0.2, 0) is 16.0 Å². The van der Waals surface area contributed by atoms with E-state index >= 15 is 0 Å². The molecule has 0 saturated carbocycles. The molecule has 3 aromatic carbocycles. The summed E-state index contributed by atoms with van der Waals surface area (Å²) in [6.07, 6.45) is 0.654. The van der Waals surface area contributed by atoms with Crippen molar-refractivity contribution in [3.05, 3.63) is 107 Å². The van der Waals surface area contributed by atoms with E-state index in [1.165, 1.54) is 4.90 Å². The molecule has 1 aliphatic rings. The molecule has 6 nitrogen and oxygen atoms in total. The summed E-state index contributed by atoms with van der Waals surface area (Å²) in [5, 5.41) is 19.9. The molecular formula is C27H22N2O4. The fourth-order valence-electron chi connectivity index (χ4n) is 3.99. The number of anilines is 1. The van der Waals surface area contributed by atoms with Crippen molar-refractivity contribution in [3.8, 4) is 11.8 Å². The highest BCUT2D eigenvalue weighted by molar-refractivity contribution is 6.16. The van der Waals surface area contributed by atoms with Gasteiger partial charge in [-0.3, -0.25) is 14.5 Å². The second kappa shape index (κ2) is 9.41. The Bertz CT molecular complexity index is 1240. The molecule has 1 amide bonds. The quantitative estimate of drug-likeness (QED) is 0.579. The fraction of sp³-hybridized carbons (Fsp3) is 0.148. The number of methoxy groups -OCH3 is 1. The van der Waals surface area contributed by atoms with Crippen molar-refractivity contribution in [2.45, 2.75) is 18.9 Å². The molecule has 0 saturated heterocycles. The van der Waals surface area contributed by atoms with E-state index < -0.39 is 17.7 Å². The summed E-state index contributed by atoms with van der Waals surface area (Å²) >= 11 is 0. The third-order valence-electron chi connectivity index (χ3n) is 5.70. The van der Waals surface area contributed by atoms with Crippen LogP contribution in [0.2, 0.25) is 0 Å². The fourth-order valence-corrected chi connectivity index (χ4v) is 3.99. The summed E-state index contributed by atoms with van der Waals surface area (Å²) in [7, 11) is 1.56. The predicted octanol–water partition coefficient (Wildman–Crippen LogP) is 4.67. The molecule has 33 heavy (non-hydrogen) atoms. The number of hydrogen-bond acceptors (Lipinski definition) is 5. The predicted molar refractivity (Wildman–Crippen MR) is 124 cm³/mol. The number of nitriles is 1. The topological polar surface area (TPSA) is 90.6 Å². The van der Waals surface area contributed by atoms with Gasteiger partial charge in [0, 0.05) is 12.1 Å². The molecule has 1 atom stereocenters. The Morgan fingerprint density at radius 2 is 1.70 bits per heavy atom. The van der Waals surface area contributed by atoms with Crippen LogP contribution in [0.15, 0.2) is 90.2 Å². The van der Waals surface area contributed by atoms with E-state index in [1.807, 2.05) is 36.4 Å². The molecule has 1 unspecified atom stereocenters. The zero-order valence-corrected chi connectivity index (χ0v) is 18.1. The van der Waals surface area contributed by atoms with Crippen molar-refractivity contribution in [2.24, 2.45) is 0 Å². The Balaban J connectivity index is 1.72. The zero-order chi connectivity index (χ0) is 23.4. The van der Waals surface area contributed by atoms with Gasteiger partial charge in [0.1, 0.15) is 5.75 Å². The number of aliphatic hydroxyl groups excluding tert-OH is 1. The van der Waals surface area contributed by atoms with E-state index in [4.69, 9.17) is 10.00 Å². The summed E-state index contributed by atoms with van der Waals surface area (Å²) in [6, 6.07) is 24.4. The average molecular weight is 438 g/mol. The number of ether oxygens (including phenoxy) is 1. The number of rotatable bonds is 7. The van der Waals surface area contributed by atoms with Crippen molar-refractivity contribution in [1.82, 2.24) is 0 Å². The van der Waals surface area contributed by atoms with Crippen molar-refractivity contribution in [1.29, 1.82) is 5.26 Å². The minimum atomic E-state index is -0.792. The number of ketones is 1. The Morgan fingerprint density at radius 3 is 2.30 bits per heavy atom. The summed E-state index contributed by atoms with van der Waals surface area (Å²) in [5.74, 6) is -0.846. The lowest BCUT2D eigenvalue weighted by Crippen LogP contribution is -2.31. The molecule has 164 valence electrons. The molecule has 1 aliphatic heterocycles. The molecule has 0 aromatic heterocycles. The lowest BCUT2D eigenvalue weighted by molar-refractivity contribution is -0.118. The third kappa shape index (κ3) is 4.35. The maximum atomic E-state index is 13.3. The molecule has 0 bridgehead atoms. The number of aryl methyl sites for hydroxylation is 1. The standard InChI is InChI=1S/C27H22N2O4/c1-33-22-14-10-20(11-15-22)25-24(23(30)16-9-18-5-3-2-4-6-18)26(31)27(32)29(25)21-12-7-19(17-28)8-13-21/h2-8,10-15,25,31H,9,16H2,1H3. The summed E-state index contributed by atoms with van der Waals surface area (Å²) in [5.41, 5.74) is 2.67. The first-order valence-corrected chi connectivity index (χ1v) is 10.5. The van der Waals surface area contributed by atoms with Gasteiger partial charge in [-0.05, 0) is 53.9 Å². The number of amides is 1. The largest absolute Gasteiger partial charge is 0.503 e. The smallest absolute Gasteiger partial charge is 0.294 e. The monoisotopic (exact) mass is 438 g/mol. The minimum absolute atomic E-state index is 0.0745. The van der Waals surface area contributed by atoms with Crippen LogP contribution in [-0.4, -0.2) is 23.9 Å². The van der Waals surface area contributed by atoms with E-state index in [0.29, 0.717) is 29.0 Å². The number of carbonyl (C=O) groups is 2. The minimum Gasteiger partial charge on any atom is -0.503 e. The third-order valence-corrected chi connectivity index (χ3v) is 5.70. The number of aliphatic hydroxyl groups is 1. The maximum Gasteiger partial charge on any atom is 0.294 e. The molecular weight excluding hydrogens is 416 g/mol. The van der Waals surface area contributed by atoms with Crippen LogP contribution in [0.4, 0.5) is 5.69 Å². The number of carbonyl (C=O) groups excluding carboxylic acids is 2. The molecule has 0 aliphatic carbocycles. The van der Waals surface area contributed by atoms with Gasteiger partial charge in [-0.25, -0.2) is 0 Å². The van der Waals surface area contributed by atoms with Gasteiger partial charge in [0.25, 0.3) is 5.91 Å².